The Bertz CT molecular complexity index is 1150. The number of carbonyl (C=O) groups excluding carboxylic acids is 1. The quantitative estimate of drug-likeness (QED) is 0.176. The van der Waals surface area contributed by atoms with Gasteiger partial charge in [-0.3, -0.25) is 0 Å². The molecule has 0 saturated heterocycles. The third-order valence-corrected chi connectivity index (χ3v) is 7.99. The number of methoxy groups -OCH3 is 1. The molecule has 2 aromatic carbocycles. The van der Waals surface area contributed by atoms with Crippen LogP contribution < -0.4 is 9.47 Å². The van der Waals surface area contributed by atoms with Crippen molar-refractivity contribution in [2.45, 2.75) is 38.7 Å². The number of benzene rings is 2. The zero-order chi connectivity index (χ0) is 26.2. The van der Waals surface area contributed by atoms with Crippen LogP contribution in [0.15, 0.2) is 49.3 Å². The Morgan fingerprint density at radius 2 is 1.74 bits per heavy atom. The van der Waals surface area contributed by atoms with Crippen molar-refractivity contribution in [3.63, 3.8) is 0 Å². The summed E-state index contributed by atoms with van der Waals surface area (Å²) in [6.07, 6.45) is 0.606. The molecule has 0 aliphatic carbocycles. The molecule has 0 fully saturated rings. The molecule has 0 amide bonds. The molecule has 0 heterocycles. The van der Waals surface area contributed by atoms with Gasteiger partial charge in [-0.25, -0.2) is 13.2 Å². The van der Waals surface area contributed by atoms with Gasteiger partial charge in [-0.05, 0) is 75.5 Å². The number of hydrogen-bond donors (Lipinski definition) is 0. The number of rotatable bonds is 12. The molecule has 0 aliphatic rings. The van der Waals surface area contributed by atoms with Gasteiger partial charge in [0.1, 0.15) is 16.4 Å². The zero-order valence-electron chi connectivity index (χ0n) is 20.1. The molecule has 0 aliphatic heterocycles. The van der Waals surface area contributed by atoms with Crippen LogP contribution in [0.5, 0.6) is 17.2 Å². The highest BCUT2D eigenvalue weighted by atomic mass is 79.9. The maximum atomic E-state index is 13.1. The lowest BCUT2D eigenvalue weighted by atomic mass is 10.2. The Hall–Kier alpha value is -2.15. The Morgan fingerprint density at radius 3 is 2.29 bits per heavy atom. The minimum atomic E-state index is -3.77. The van der Waals surface area contributed by atoms with Crippen LogP contribution >= 0.6 is 31.9 Å². The van der Waals surface area contributed by atoms with E-state index in [1.165, 1.54) is 23.7 Å². The molecule has 1 atom stereocenters. The van der Waals surface area contributed by atoms with E-state index in [-0.39, 0.29) is 17.3 Å². The summed E-state index contributed by atoms with van der Waals surface area (Å²) in [7, 11) is -2.35. The van der Waals surface area contributed by atoms with E-state index in [2.05, 4.69) is 37.0 Å². The number of sulfonamides is 1. The van der Waals surface area contributed by atoms with Crippen molar-refractivity contribution < 1.29 is 32.3 Å². The molecule has 35 heavy (non-hydrogen) atoms. The number of carbonyl (C=O) groups is 1. The second-order valence-electron chi connectivity index (χ2n) is 7.05. The maximum absolute atomic E-state index is 13.1. The summed E-state index contributed by atoms with van der Waals surface area (Å²) in [6, 6.07) is 8.08. The number of ether oxygens (including phenoxy) is 3. The molecule has 192 valence electrons. The average Bonchev–Trinajstić information content (AvgIpc) is 2.82. The van der Waals surface area contributed by atoms with Crippen LogP contribution in [0.4, 0.5) is 0 Å². The Morgan fingerprint density at radius 1 is 1.11 bits per heavy atom. The monoisotopic (exact) mass is 634 g/mol. The van der Waals surface area contributed by atoms with E-state index in [1.807, 2.05) is 0 Å². The summed E-state index contributed by atoms with van der Waals surface area (Å²) in [4.78, 5) is 16.8. The van der Waals surface area contributed by atoms with E-state index >= 15 is 0 Å². The predicted octanol–water partition coefficient (Wildman–Crippen LogP) is 5.35. The first-order valence-corrected chi connectivity index (χ1v) is 13.8. The summed E-state index contributed by atoms with van der Waals surface area (Å²) >= 11 is 6.94. The van der Waals surface area contributed by atoms with E-state index in [1.54, 1.807) is 52.0 Å². The zero-order valence-corrected chi connectivity index (χ0v) is 24.1. The summed E-state index contributed by atoms with van der Waals surface area (Å²) < 4.78 is 44.9. The first kappa shape index (κ1) is 29.1. The van der Waals surface area contributed by atoms with Gasteiger partial charge in [0.25, 0.3) is 0 Å². The van der Waals surface area contributed by atoms with Crippen LogP contribution in [0.2, 0.25) is 0 Å². The topological polar surface area (TPSA) is 104 Å². The molecular weight excluding hydrogens is 608 g/mol. The Kier molecular flexibility index (Phi) is 11.0. The van der Waals surface area contributed by atoms with Gasteiger partial charge >= 0.3 is 5.97 Å². The fraction of sp³-hybridized carbons (Fsp3) is 0.391. The Balaban J connectivity index is 2.29. The van der Waals surface area contributed by atoms with Crippen LogP contribution in [0.1, 0.15) is 33.3 Å². The molecule has 2 rings (SSSR count). The fourth-order valence-corrected chi connectivity index (χ4v) is 5.99. The van der Waals surface area contributed by atoms with Gasteiger partial charge in [-0.15, -0.1) is 0 Å². The van der Waals surface area contributed by atoms with Crippen molar-refractivity contribution in [3.8, 4) is 17.2 Å². The third-order valence-electron chi connectivity index (χ3n) is 4.74. The molecular formula is C23H28Br2N2O7S. The number of oxime groups is 1. The van der Waals surface area contributed by atoms with E-state index in [0.29, 0.717) is 39.1 Å². The predicted molar refractivity (Wildman–Crippen MR) is 140 cm³/mol. The van der Waals surface area contributed by atoms with Crippen molar-refractivity contribution in [3.05, 3.63) is 44.8 Å². The number of hydrogen-bond acceptors (Lipinski definition) is 8. The molecule has 0 spiro atoms. The summed E-state index contributed by atoms with van der Waals surface area (Å²) in [5, 5.41) is 3.84. The number of esters is 1. The summed E-state index contributed by atoms with van der Waals surface area (Å²) in [5.41, 5.74) is 0.659. The minimum absolute atomic E-state index is 0.0186. The molecule has 0 N–H and O–H groups in total. The summed E-state index contributed by atoms with van der Waals surface area (Å²) in [5.74, 6) is 0.467. The lowest BCUT2D eigenvalue weighted by Gasteiger charge is -2.20. The van der Waals surface area contributed by atoms with E-state index < -0.39 is 22.1 Å². The molecule has 12 heteroatoms. The van der Waals surface area contributed by atoms with E-state index in [0.717, 1.165) is 0 Å². The first-order valence-electron chi connectivity index (χ1n) is 10.8. The first-order chi connectivity index (χ1) is 16.6. The average molecular weight is 636 g/mol. The summed E-state index contributed by atoms with van der Waals surface area (Å²) in [6.45, 7) is 7.72. The molecule has 0 aromatic heterocycles. The van der Waals surface area contributed by atoms with Gasteiger partial charge in [-0.1, -0.05) is 19.0 Å². The highest BCUT2D eigenvalue weighted by Gasteiger charge is 2.26. The van der Waals surface area contributed by atoms with Crippen LogP contribution in [-0.2, 0) is 24.4 Å². The number of nitrogens with zero attached hydrogens (tertiary/aromatic N) is 2. The van der Waals surface area contributed by atoms with Gasteiger partial charge < -0.3 is 19.0 Å². The van der Waals surface area contributed by atoms with Crippen molar-refractivity contribution >= 4 is 54.1 Å². The van der Waals surface area contributed by atoms with Crippen molar-refractivity contribution in [1.29, 1.82) is 0 Å². The SMILES string of the molecule is CCOC(=O)C(C)ON=Cc1cc(Br)c(Oc2ccc(OC)c(S(=O)(=O)N(CC)CC)c2)c(Br)c1. The van der Waals surface area contributed by atoms with Crippen LogP contribution in [0.25, 0.3) is 0 Å². The molecule has 0 saturated carbocycles. The normalized spacial score (nSPS) is 12.6. The van der Waals surface area contributed by atoms with Gasteiger partial charge in [0.15, 0.2) is 5.75 Å². The maximum Gasteiger partial charge on any atom is 0.349 e. The third kappa shape index (κ3) is 7.42. The van der Waals surface area contributed by atoms with E-state index in [9.17, 15) is 13.2 Å². The second kappa shape index (κ2) is 13.2. The van der Waals surface area contributed by atoms with Crippen molar-refractivity contribution in [2.24, 2.45) is 5.16 Å². The highest BCUT2D eigenvalue weighted by Crippen LogP contribution is 2.39. The van der Waals surface area contributed by atoms with E-state index in [4.69, 9.17) is 19.0 Å². The molecule has 2 aromatic rings. The highest BCUT2D eigenvalue weighted by molar-refractivity contribution is 9.11. The fourth-order valence-electron chi connectivity index (χ4n) is 2.98. The van der Waals surface area contributed by atoms with Gasteiger partial charge in [0.2, 0.25) is 16.1 Å². The molecule has 0 bridgehead atoms. The van der Waals surface area contributed by atoms with Crippen LogP contribution in [0.3, 0.4) is 0 Å². The second-order valence-corrected chi connectivity index (χ2v) is 10.7. The van der Waals surface area contributed by atoms with Crippen LogP contribution in [-0.4, -0.2) is 57.8 Å². The standard InChI is InChI=1S/C23H28Br2N2O7S/c1-6-27(7-2)35(29,30)21-13-17(9-10-20(21)31-5)33-22-18(24)11-16(12-19(22)25)14-26-34-15(4)23(28)32-8-3/h9-15H,6-8H2,1-5H3. The lowest BCUT2D eigenvalue weighted by Crippen LogP contribution is -2.30. The van der Waals surface area contributed by atoms with Crippen molar-refractivity contribution in [1.82, 2.24) is 4.31 Å². The van der Waals surface area contributed by atoms with Gasteiger partial charge in [0.05, 0.1) is 28.9 Å². The molecule has 1 unspecified atom stereocenters. The smallest absolute Gasteiger partial charge is 0.349 e. The van der Waals surface area contributed by atoms with Gasteiger partial charge in [-0.2, -0.15) is 4.31 Å². The molecule has 9 nitrogen and oxygen atoms in total. The molecule has 0 radical (unpaired) electrons. The Labute approximate surface area is 222 Å². The van der Waals surface area contributed by atoms with Gasteiger partial charge in [0, 0.05) is 19.2 Å². The van der Waals surface area contributed by atoms with Crippen molar-refractivity contribution in [2.75, 3.05) is 26.8 Å². The number of halogens is 2. The van der Waals surface area contributed by atoms with Crippen LogP contribution in [0, 0.1) is 0 Å². The largest absolute Gasteiger partial charge is 0.495 e. The lowest BCUT2D eigenvalue weighted by molar-refractivity contribution is -0.155. The minimum Gasteiger partial charge on any atom is -0.495 e.